The number of carbonyl (C=O) groups excluding carboxylic acids is 1. The molecular formula is C26H32O15. The number of aromatic hydroxyl groups is 2. The molecule has 0 bridgehead atoms. The number of esters is 1. The summed E-state index contributed by atoms with van der Waals surface area (Å²) in [7, 11) is 2.55. The molecule has 0 radical (unpaired) electrons. The van der Waals surface area contributed by atoms with Crippen LogP contribution in [0.4, 0.5) is 0 Å². The second-order valence-corrected chi connectivity index (χ2v) is 9.45. The molecule has 7 N–H and O–H groups in total. The molecule has 2 aromatic rings. The van der Waals surface area contributed by atoms with Crippen molar-refractivity contribution >= 4 is 5.97 Å². The molecule has 2 saturated heterocycles. The zero-order valence-corrected chi connectivity index (χ0v) is 22.0. The van der Waals surface area contributed by atoms with Gasteiger partial charge in [0.05, 0.1) is 33.0 Å². The predicted molar refractivity (Wildman–Crippen MR) is 134 cm³/mol. The van der Waals surface area contributed by atoms with E-state index in [1.54, 1.807) is 0 Å². The molecular weight excluding hydrogens is 552 g/mol. The number of ether oxygens (including phenoxy) is 7. The third-order valence-corrected chi connectivity index (χ3v) is 6.68. The zero-order valence-electron chi connectivity index (χ0n) is 22.0. The van der Waals surface area contributed by atoms with Crippen LogP contribution < -0.4 is 14.2 Å². The fourth-order valence-electron chi connectivity index (χ4n) is 4.29. The highest BCUT2D eigenvalue weighted by atomic mass is 16.8. The maximum atomic E-state index is 12.7. The van der Waals surface area contributed by atoms with Gasteiger partial charge < -0.3 is 68.9 Å². The van der Waals surface area contributed by atoms with E-state index in [-0.39, 0.29) is 34.3 Å². The number of aliphatic hydroxyl groups excluding tert-OH is 4. The number of carbonyl (C=O) groups is 1. The van der Waals surface area contributed by atoms with E-state index >= 15 is 0 Å². The molecule has 2 aromatic carbocycles. The Bertz CT molecular complexity index is 1160. The lowest BCUT2D eigenvalue weighted by atomic mass is 9.98. The molecule has 2 aliphatic heterocycles. The van der Waals surface area contributed by atoms with Crippen LogP contribution in [-0.2, 0) is 18.9 Å². The topological polar surface area (TPSA) is 223 Å². The van der Waals surface area contributed by atoms with Crippen molar-refractivity contribution in [2.75, 3.05) is 34.0 Å². The van der Waals surface area contributed by atoms with Gasteiger partial charge in [-0.3, -0.25) is 0 Å². The third kappa shape index (κ3) is 6.42. The summed E-state index contributed by atoms with van der Waals surface area (Å²) in [6, 6.07) is 7.85. The van der Waals surface area contributed by atoms with Gasteiger partial charge in [-0.15, -0.1) is 0 Å². The number of methoxy groups -OCH3 is 2. The Morgan fingerprint density at radius 3 is 2.22 bits per heavy atom. The van der Waals surface area contributed by atoms with E-state index in [4.69, 9.17) is 33.2 Å². The van der Waals surface area contributed by atoms with Gasteiger partial charge in [-0.1, -0.05) is 0 Å². The van der Waals surface area contributed by atoms with E-state index in [1.165, 1.54) is 50.6 Å². The van der Waals surface area contributed by atoms with Gasteiger partial charge in [0.2, 0.25) is 12.0 Å². The molecule has 2 fully saturated rings. The van der Waals surface area contributed by atoms with Crippen molar-refractivity contribution < 1.29 is 73.7 Å². The minimum absolute atomic E-state index is 0.0374. The monoisotopic (exact) mass is 584 g/mol. The van der Waals surface area contributed by atoms with Crippen molar-refractivity contribution in [1.82, 2.24) is 0 Å². The van der Waals surface area contributed by atoms with E-state index in [0.717, 1.165) is 0 Å². The van der Waals surface area contributed by atoms with Crippen LogP contribution in [-0.4, -0.2) is 124 Å². The maximum absolute atomic E-state index is 12.7. The van der Waals surface area contributed by atoms with Gasteiger partial charge in [0.15, 0.2) is 29.5 Å². The van der Waals surface area contributed by atoms with E-state index < -0.39 is 74.5 Å². The second-order valence-electron chi connectivity index (χ2n) is 9.45. The smallest absolute Gasteiger partial charge is 0.338 e. The first-order chi connectivity index (χ1) is 19.5. The van der Waals surface area contributed by atoms with Crippen LogP contribution >= 0.6 is 0 Å². The van der Waals surface area contributed by atoms with Crippen molar-refractivity contribution in [1.29, 1.82) is 0 Å². The van der Waals surface area contributed by atoms with E-state index in [9.17, 15) is 40.5 Å². The van der Waals surface area contributed by atoms with Crippen LogP contribution in [0.5, 0.6) is 28.7 Å². The first-order valence-electron chi connectivity index (χ1n) is 12.4. The predicted octanol–water partition coefficient (Wildman–Crippen LogP) is -1.38. The number of aliphatic hydroxyl groups is 5. The maximum Gasteiger partial charge on any atom is 0.338 e. The highest BCUT2D eigenvalue weighted by Gasteiger charge is 2.54. The van der Waals surface area contributed by atoms with Crippen molar-refractivity contribution in [3.05, 3.63) is 42.0 Å². The molecule has 8 atom stereocenters. The van der Waals surface area contributed by atoms with Crippen LogP contribution in [0, 0.1) is 0 Å². The first-order valence-corrected chi connectivity index (χ1v) is 12.4. The lowest BCUT2D eigenvalue weighted by Gasteiger charge is -2.42. The minimum atomic E-state index is -2.15. The SMILES string of the molecule is COc1cc(C(=O)OCC2(O)COC(OC3C(Oc4ccc(O)cc4)OC(CO)C(O)C3O)C2O)cc(OC)c1O. The van der Waals surface area contributed by atoms with Gasteiger partial charge in [0.1, 0.15) is 42.5 Å². The van der Waals surface area contributed by atoms with Crippen molar-refractivity contribution in [3.63, 3.8) is 0 Å². The number of hydrogen-bond acceptors (Lipinski definition) is 15. The number of hydrogen-bond donors (Lipinski definition) is 7. The van der Waals surface area contributed by atoms with Gasteiger partial charge in [-0.2, -0.15) is 0 Å². The highest BCUT2D eigenvalue weighted by Crippen LogP contribution is 2.38. The molecule has 15 heteroatoms. The van der Waals surface area contributed by atoms with Crippen LogP contribution in [0.25, 0.3) is 0 Å². The minimum Gasteiger partial charge on any atom is -0.508 e. The Morgan fingerprint density at radius 2 is 1.63 bits per heavy atom. The molecule has 2 aliphatic rings. The fraction of sp³-hybridized carbons (Fsp3) is 0.500. The van der Waals surface area contributed by atoms with Crippen LogP contribution in [0.3, 0.4) is 0 Å². The molecule has 8 unspecified atom stereocenters. The Morgan fingerprint density at radius 1 is 1.00 bits per heavy atom. The summed E-state index contributed by atoms with van der Waals surface area (Å²) in [6.07, 6.45) is -10.9. The largest absolute Gasteiger partial charge is 0.508 e. The first kappa shape index (κ1) is 30.5. The summed E-state index contributed by atoms with van der Waals surface area (Å²) in [6.45, 7) is -1.96. The molecule has 226 valence electrons. The lowest BCUT2D eigenvalue weighted by molar-refractivity contribution is -0.318. The Hall–Kier alpha value is -3.41. The average Bonchev–Trinajstić information content (AvgIpc) is 3.25. The third-order valence-electron chi connectivity index (χ3n) is 6.68. The summed E-state index contributed by atoms with van der Waals surface area (Å²) in [4.78, 5) is 12.7. The zero-order chi connectivity index (χ0) is 29.9. The molecule has 0 amide bonds. The summed E-state index contributed by atoms with van der Waals surface area (Å²) in [5.41, 5.74) is -2.23. The van der Waals surface area contributed by atoms with E-state index in [2.05, 4.69) is 0 Å². The summed E-state index contributed by atoms with van der Waals surface area (Å²) in [5, 5.41) is 72.0. The lowest BCUT2D eigenvalue weighted by Crippen LogP contribution is -2.62. The summed E-state index contributed by atoms with van der Waals surface area (Å²) >= 11 is 0. The quantitative estimate of drug-likeness (QED) is 0.160. The Balaban J connectivity index is 1.44. The molecule has 0 spiro atoms. The number of benzene rings is 2. The second kappa shape index (κ2) is 12.6. The van der Waals surface area contributed by atoms with Crippen LogP contribution in [0.1, 0.15) is 10.4 Å². The van der Waals surface area contributed by atoms with Gasteiger partial charge in [-0.25, -0.2) is 4.79 Å². The van der Waals surface area contributed by atoms with Crippen molar-refractivity contribution in [2.24, 2.45) is 0 Å². The van der Waals surface area contributed by atoms with Gasteiger partial charge in [-0.05, 0) is 36.4 Å². The summed E-state index contributed by atoms with van der Waals surface area (Å²) < 4.78 is 37.5. The van der Waals surface area contributed by atoms with Gasteiger partial charge in [0.25, 0.3) is 0 Å². The van der Waals surface area contributed by atoms with Gasteiger partial charge in [0, 0.05) is 0 Å². The van der Waals surface area contributed by atoms with E-state index in [1.807, 2.05) is 0 Å². The Labute approximate surface area is 233 Å². The molecule has 41 heavy (non-hydrogen) atoms. The molecule has 15 nitrogen and oxygen atoms in total. The van der Waals surface area contributed by atoms with Crippen molar-refractivity contribution in [3.8, 4) is 28.7 Å². The molecule has 0 aliphatic carbocycles. The number of rotatable bonds is 10. The standard InChI is InChI=1S/C26H32O15/c1-35-15-7-12(8-16(36-2)18(15)29)23(33)37-10-26(34)11-38-25(22(26)32)41-21-20(31)19(30)17(9-27)40-24(21)39-14-5-3-13(28)4-6-14/h3-8,17,19-22,24-25,27-32,34H,9-11H2,1-2H3. The molecule has 0 saturated carbocycles. The number of phenols is 2. The molecule has 0 aromatic heterocycles. The van der Waals surface area contributed by atoms with Crippen LogP contribution in [0.2, 0.25) is 0 Å². The fourth-order valence-corrected chi connectivity index (χ4v) is 4.29. The van der Waals surface area contributed by atoms with Gasteiger partial charge >= 0.3 is 5.97 Å². The van der Waals surface area contributed by atoms with E-state index in [0.29, 0.717) is 0 Å². The number of phenolic OH excluding ortho intramolecular Hbond substituents is 2. The molecule has 2 heterocycles. The highest BCUT2D eigenvalue weighted by molar-refractivity contribution is 5.91. The Kier molecular flexibility index (Phi) is 9.41. The average molecular weight is 585 g/mol. The molecule has 4 rings (SSSR count). The van der Waals surface area contributed by atoms with Crippen LogP contribution in [0.15, 0.2) is 36.4 Å². The summed E-state index contributed by atoms with van der Waals surface area (Å²) in [5.74, 6) is -1.25. The normalized spacial score (nSPS) is 31.4. The van der Waals surface area contributed by atoms with Crippen molar-refractivity contribution in [2.45, 2.75) is 48.7 Å².